The van der Waals surface area contributed by atoms with E-state index in [9.17, 15) is 0 Å². The first-order valence-corrected chi connectivity index (χ1v) is 4.66. The van der Waals surface area contributed by atoms with Crippen LogP contribution in [0.3, 0.4) is 0 Å². The van der Waals surface area contributed by atoms with Crippen molar-refractivity contribution < 1.29 is 8.42 Å². The zero-order valence-electron chi connectivity index (χ0n) is 6.62. The number of piperazine rings is 1. The fourth-order valence-corrected chi connectivity index (χ4v) is 0.777. The first kappa shape index (κ1) is 10.8. The molecule has 0 aliphatic carbocycles. The minimum Gasteiger partial charge on any atom is -0.314 e. The van der Waals surface area contributed by atoms with Gasteiger partial charge in [0.25, 0.3) is 0 Å². The standard InChI is InChI=1S/C5H12N2.H3NO2S/c1-7-4-2-6-3-5-7;1-4(2)3/h6H,2-5H2,1H3;4H,(H2,1,2,3). The number of likely N-dealkylation sites (N-methyl/N-ethyl adjacent to an activating group) is 1. The molecule has 1 fully saturated rings. The predicted octanol–water partition coefficient (Wildman–Crippen LogP) is -2.01. The Balaban J connectivity index is 0.000000218. The van der Waals surface area contributed by atoms with E-state index in [0.717, 1.165) is 13.1 Å². The van der Waals surface area contributed by atoms with Crippen molar-refractivity contribution >= 4 is 10.9 Å². The van der Waals surface area contributed by atoms with Crippen molar-refractivity contribution in [3.63, 3.8) is 0 Å². The highest BCUT2D eigenvalue weighted by atomic mass is 32.2. The molecule has 0 aromatic heterocycles. The van der Waals surface area contributed by atoms with Crippen LogP contribution in [0, 0.1) is 0 Å². The summed E-state index contributed by atoms with van der Waals surface area (Å²) in [5.41, 5.74) is 0. The van der Waals surface area contributed by atoms with Gasteiger partial charge in [-0.2, -0.15) is 0 Å². The van der Waals surface area contributed by atoms with E-state index in [1.165, 1.54) is 13.1 Å². The summed E-state index contributed by atoms with van der Waals surface area (Å²) in [6, 6.07) is 0. The van der Waals surface area contributed by atoms with Crippen molar-refractivity contribution in [3.8, 4) is 0 Å². The van der Waals surface area contributed by atoms with E-state index < -0.39 is 10.9 Å². The normalized spacial score (nSPS) is 19.2. The van der Waals surface area contributed by atoms with E-state index in [4.69, 9.17) is 8.42 Å². The summed E-state index contributed by atoms with van der Waals surface area (Å²) in [4.78, 5) is 2.33. The molecule has 3 N–H and O–H groups in total. The second kappa shape index (κ2) is 6.53. The Hall–Kier alpha value is -0.170. The molecule has 0 amide bonds. The fraction of sp³-hybridized carbons (Fsp3) is 1.00. The molecule has 11 heavy (non-hydrogen) atoms. The Morgan fingerprint density at radius 3 is 1.91 bits per heavy atom. The van der Waals surface area contributed by atoms with E-state index >= 15 is 0 Å². The predicted molar refractivity (Wildman–Crippen MR) is 44.9 cm³/mol. The molecule has 1 rings (SSSR count). The maximum absolute atomic E-state index is 8.81. The first-order chi connectivity index (χ1) is 5.13. The van der Waals surface area contributed by atoms with Crippen molar-refractivity contribution in [1.82, 2.24) is 10.2 Å². The monoisotopic (exact) mass is 181 g/mol. The van der Waals surface area contributed by atoms with E-state index in [-0.39, 0.29) is 0 Å². The molecule has 0 bridgehead atoms. The molecule has 0 radical (unpaired) electrons. The molecule has 68 valence electrons. The molecule has 6 heteroatoms. The zero-order valence-corrected chi connectivity index (χ0v) is 7.51. The van der Waals surface area contributed by atoms with Gasteiger partial charge in [-0.1, -0.05) is 0 Å². The van der Waals surface area contributed by atoms with Crippen LogP contribution in [0.25, 0.3) is 0 Å². The van der Waals surface area contributed by atoms with E-state index in [0.29, 0.717) is 0 Å². The van der Waals surface area contributed by atoms with Crippen LogP contribution in [-0.4, -0.2) is 46.5 Å². The Labute approximate surface area is 68.6 Å². The van der Waals surface area contributed by atoms with Crippen molar-refractivity contribution in [2.24, 2.45) is 5.14 Å². The van der Waals surface area contributed by atoms with Crippen LogP contribution in [0.1, 0.15) is 0 Å². The number of hydrogen-bond acceptors (Lipinski definition) is 4. The smallest absolute Gasteiger partial charge is 0.198 e. The average Bonchev–Trinajstić information content (AvgIpc) is 1.87. The van der Waals surface area contributed by atoms with Gasteiger partial charge in [-0.05, 0) is 7.05 Å². The lowest BCUT2D eigenvalue weighted by atomic mass is 10.4. The third-order valence-corrected chi connectivity index (χ3v) is 1.34. The van der Waals surface area contributed by atoms with Gasteiger partial charge < -0.3 is 10.2 Å². The number of nitrogens with one attached hydrogen (secondary N) is 1. The zero-order chi connectivity index (χ0) is 8.69. The van der Waals surface area contributed by atoms with Crippen LogP contribution in [0.5, 0.6) is 0 Å². The largest absolute Gasteiger partial charge is 0.314 e. The summed E-state index contributed by atoms with van der Waals surface area (Å²) in [5, 5.41) is 7.34. The molecular formula is C5H15N3O2S. The molecule has 5 nitrogen and oxygen atoms in total. The lowest BCUT2D eigenvalue weighted by Crippen LogP contribution is -2.40. The van der Waals surface area contributed by atoms with Crippen LogP contribution < -0.4 is 10.5 Å². The van der Waals surface area contributed by atoms with Gasteiger partial charge in [0.05, 0.1) is 0 Å². The molecule has 0 atom stereocenters. The molecule has 1 aliphatic rings. The Kier molecular flexibility index (Phi) is 6.43. The van der Waals surface area contributed by atoms with Crippen LogP contribution in [0.2, 0.25) is 0 Å². The Bertz CT molecular complexity index is 146. The summed E-state index contributed by atoms with van der Waals surface area (Å²) in [5.74, 6) is 0. The maximum Gasteiger partial charge on any atom is 0.198 e. The highest BCUT2D eigenvalue weighted by Crippen LogP contribution is 1.82. The van der Waals surface area contributed by atoms with Gasteiger partial charge in [-0.15, -0.1) is 0 Å². The van der Waals surface area contributed by atoms with Gasteiger partial charge in [0, 0.05) is 26.2 Å². The Morgan fingerprint density at radius 1 is 1.36 bits per heavy atom. The van der Waals surface area contributed by atoms with Crippen molar-refractivity contribution in [1.29, 1.82) is 0 Å². The van der Waals surface area contributed by atoms with Crippen molar-refractivity contribution in [2.45, 2.75) is 0 Å². The SMILES string of the molecule is CN1CCNCC1.N[SH](=O)=O. The first-order valence-electron chi connectivity index (χ1n) is 3.41. The third-order valence-electron chi connectivity index (χ3n) is 1.34. The Morgan fingerprint density at radius 2 is 1.73 bits per heavy atom. The van der Waals surface area contributed by atoms with Gasteiger partial charge in [0.2, 0.25) is 0 Å². The fourth-order valence-electron chi connectivity index (χ4n) is 0.777. The molecular weight excluding hydrogens is 166 g/mol. The summed E-state index contributed by atoms with van der Waals surface area (Å²) in [7, 11) is -0.467. The van der Waals surface area contributed by atoms with Crippen LogP contribution >= 0.6 is 0 Å². The van der Waals surface area contributed by atoms with Gasteiger partial charge in [0.1, 0.15) is 0 Å². The number of hydrogen-bond donors (Lipinski definition) is 3. The van der Waals surface area contributed by atoms with Crippen LogP contribution in [0.4, 0.5) is 0 Å². The lowest BCUT2D eigenvalue weighted by molar-refractivity contribution is 0.291. The summed E-state index contributed by atoms with van der Waals surface area (Å²) in [6.45, 7) is 4.74. The molecule has 1 saturated heterocycles. The van der Waals surface area contributed by atoms with E-state index in [1.807, 2.05) is 0 Å². The quantitative estimate of drug-likeness (QED) is 0.378. The summed E-state index contributed by atoms with van der Waals surface area (Å²) >= 11 is 0. The molecule has 1 heterocycles. The second-order valence-electron chi connectivity index (χ2n) is 2.34. The van der Waals surface area contributed by atoms with E-state index in [1.54, 1.807) is 0 Å². The summed E-state index contributed by atoms with van der Waals surface area (Å²) < 4.78 is 17.6. The second-order valence-corrected chi connectivity index (χ2v) is 2.91. The molecule has 0 unspecified atom stereocenters. The maximum atomic E-state index is 8.81. The molecule has 0 spiro atoms. The minimum absolute atomic E-state index is 1.16. The number of rotatable bonds is 0. The number of nitrogens with two attached hydrogens (primary N) is 1. The topological polar surface area (TPSA) is 75.4 Å². The highest BCUT2D eigenvalue weighted by molar-refractivity contribution is 7.69. The van der Waals surface area contributed by atoms with Gasteiger partial charge in [-0.3, -0.25) is 0 Å². The molecule has 0 aromatic rings. The molecule has 0 aromatic carbocycles. The van der Waals surface area contributed by atoms with Gasteiger partial charge in [-0.25, -0.2) is 13.6 Å². The number of nitrogens with zero attached hydrogens (tertiary/aromatic N) is 1. The molecule has 0 saturated carbocycles. The van der Waals surface area contributed by atoms with E-state index in [2.05, 4.69) is 22.4 Å². The van der Waals surface area contributed by atoms with Crippen molar-refractivity contribution in [2.75, 3.05) is 33.2 Å². The van der Waals surface area contributed by atoms with Gasteiger partial charge in [0.15, 0.2) is 10.9 Å². The molecule has 1 aliphatic heterocycles. The lowest BCUT2D eigenvalue weighted by Gasteiger charge is -2.21. The van der Waals surface area contributed by atoms with Crippen molar-refractivity contribution in [3.05, 3.63) is 0 Å². The average molecular weight is 181 g/mol. The number of thiol groups is 1. The van der Waals surface area contributed by atoms with Crippen LogP contribution in [-0.2, 0) is 10.9 Å². The van der Waals surface area contributed by atoms with Crippen LogP contribution in [0.15, 0.2) is 0 Å². The summed E-state index contributed by atoms with van der Waals surface area (Å²) in [6.07, 6.45) is 0. The third kappa shape index (κ3) is 9.83. The highest BCUT2D eigenvalue weighted by Gasteiger charge is 2.01. The van der Waals surface area contributed by atoms with Gasteiger partial charge >= 0.3 is 0 Å². The minimum atomic E-state index is -2.62.